The molecule has 0 radical (unpaired) electrons. The molecule has 0 saturated heterocycles. The Bertz CT molecular complexity index is 891. The predicted molar refractivity (Wildman–Crippen MR) is 105 cm³/mol. The van der Waals surface area contributed by atoms with Crippen molar-refractivity contribution in [1.82, 2.24) is 19.2 Å². The summed E-state index contributed by atoms with van der Waals surface area (Å²) in [5, 5.41) is 5.67. The molecular weight excluding hydrogens is 327 g/mol. The van der Waals surface area contributed by atoms with E-state index in [2.05, 4.69) is 59.3 Å². The molecule has 0 amide bonds. The average molecular weight is 356 g/mol. The van der Waals surface area contributed by atoms with Crippen LogP contribution < -0.4 is 0 Å². The first-order valence-electron chi connectivity index (χ1n) is 9.33. The quantitative estimate of drug-likeness (QED) is 0.613. The molecule has 0 aliphatic heterocycles. The maximum absolute atomic E-state index is 13.7. The number of fused-ring (bicyclic) bond motifs is 1. The van der Waals surface area contributed by atoms with E-state index in [1.807, 2.05) is 13.0 Å². The third-order valence-corrected chi connectivity index (χ3v) is 4.89. The molecule has 0 atom stereocenters. The molecule has 0 bridgehead atoms. The molecule has 0 unspecified atom stereocenters. The van der Waals surface area contributed by atoms with E-state index in [4.69, 9.17) is 0 Å². The minimum atomic E-state index is -0.178. The van der Waals surface area contributed by atoms with Crippen LogP contribution in [0.3, 0.4) is 0 Å². The van der Waals surface area contributed by atoms with Gasteiger partial charge in [0.1, 0.15) is 5.82 Å². The summed E-state index contributed by atoms with van der Waals surface area (Å²) in [6.45, 7) is 11.2. The van der Waals surface area contributed by atoms with Gasteiger partial charge in [-0.15, -0.1) is 0 Å². The zero-order valence-corrected chi connectivity index (χ0v) is 16.5. The number of hydrogen-bond donors (Lipinski definition) is 0. The molecule has 0 aliphatic rings. The Labute approximate surface area is 155 Å². The monoisotopic (exact) mass is 356 g/mol. The van der Waals surface area contributed by atoms with Crippen LogP contribution in [0.2, 0.25) is 0 Å². The highest BCUT2D eigenvalue weighted by molar-refractivity contribution is 5.84. The van der Waals surface area contributed by atoms with E-state index in [-0.39, 0.29) is 5.82 Å². The molecule has 26 heavy (non-hydrogen) atoms. The van der Waals surface area contributed by atoms with Crippen molar-refractivity contribution >= 4 is 10.9 Å². The Morgan fingerprint density at radius 3 is 2.62 bits per heavy atom. The number of aryl methyl sites for hydroxylation is 3. The minimum absolute atomic E-state index is 0.178. The smallest absolute Gasteiger partial charge is 0.125 e. The molecule has 140 valence electrons. The van der Waals surface area contributed by atoms with Crippen LogP contribution in [0.5, 0.6) is 0 Å². The van der Waals surface area contributed by atoms with Gasteiger partial charge in [-0.25, -0.2) is 4.39 Å². The lowest BCUT2D eigenvalue weighted by atomic mass is 10.1. The molecule has 0 aliphatic carbocycles. The molecule has 0 fully saturated rings. The molecule has 0 N–H and O–H groups in total. The van der Waals surface area contributed by atoms with Crippen molar-refractivity contribution in [3.05, 3.63) is 53.2 Å². The fraction of sp³-hybridized carbons (Fsp3) is 0.476. The van der Waals surface area contributed by atoms with Crippen molar-refractivity contribution in [2.45, 2.75) is 53.2 Å². The molecule has 4 nitrogen and oxygen atoms in total. The summed E-state index contributed by atoms with van der Waals surface area (Å²) in [4.78, 5) is 2.33. The summed E-state index contributed by atoms with van der Waals surface area (Å²) in [5.41, 5.74) is 4.52. The van der Waals surface area contributed by atoms with Gasteiger partial charge in [-0.2, -0.15) is 5.10 Å². The molecule has 2 aromatic heterocycles. The van der Waals surface area contributed by atoms with Gasteiger partial charge in [0.15, 0.2) is 0 Å². The van der Waals surface area contributed by atoms with E-state index >= 15 is 0 Å². The summed E-state index contributed by atoms with van der Waals surface area (Å²) in [5.74, 6) is -0.178. The lowest BCUT2D eigenvalue weighted by Crippen LogP contribution is -2.20. The summed E-state index contributed by atoms with van der Waals surface area (Å²) < 4.78 is 17.9. The van der Waals surface area contributed by atoms with E-state index in [0.717, 1.165) is 42.7 Å². The molecule has 0 saturated carbocycles. The summed E-state index contributed by atoms with van der Waals surface area (Å²) in [6.07, 6.45) is 3.22. The van der Waals surface area contributed by atoms with Gasteiger partial charge in [-0.1, -0.05) is 0 Å². The Hall–Kier alpha value is -2.14. The van der Waals surface area contributed by atoms with Crippen LogP contribution in [0.4, 0.5) is 4.39 Å². The molecule has 1 aromatic carbocycles. The van der Waals surface area contributed by atoms with Crippen molar-refractivity contribution in [2.24, 2.45) is 0 Å². The van der Waals surface area contributed by atoms with E-state index in [9.17, 15) is 4.39 Å². The highest BCUT2D eigenvalue weighted by Crippen LogP contribution is 2.26. The number of benzene rings is 1. The number of nitrogens with zero attached hydrogens (tertiary/aromatic N) is 4. The van der Waals surface area contributed by atoms with Crippen molar-refractivity contribution in [1.29, 1.82) is 0 Å². The van der Waals surface area contributed by atoms with Crippen LogP contribution in [-0.4, -0.2) is 32.8 Å². The number of rotatable bonds is 7. The van der Waals surface area contributed by atoms with Gasteiger partial charge >= 0.3 is 0 Å². The number of aromatic nitrogens is 3. The third kappa shape index (κ3) is 3.98. The van der Waals surface area contributed by atoms with Gasteiger partial charge in [-0.05, 0) is 77.5 Å². The van der Waals surface area contributed by atoms with E-state index in [1.165, 1.54) is 11.3 Å². The highest BCUT2D eigenvalue weighted by atomic mass is 19.1. The minimum Gasteiger partial charge on any atom is -0.345 e. The molecule has 3 aromatic rings. The van der Waals surface area contributed by atoms with Crippen molar-refractivity contribution in [3.63, 3.8) is 0 Å². The molecule has 5 heteroatoms. The van der Waals surface area contributed by atoms with Crippen LogP contribution in [0.1, 0.15) is 43.3 Å². The standard InChI is InChI=1S/C21H29FN4/c1-15(2)25-14-18(20-8-7-19(22)12-21(20)25)13-24(5)9-6-10-26-17(4)11-16(3)23-26/h7-8,11-12,14-15H,6,9-10,13H2,1-5H3. The highest BCUT2D eigenvalue weighted by Gasteiger charge is 2.13. The zero-order chi connectivity index (χ0) is 18.8. The van der Waals surface area contributed by atoms with E-state index < -0.39 is 0 Å². The Morgan fingerprint density at radius 1 is 1.19 bits per heavy atom. The SMILES string of the molecule is Cc1cc(C)n(CCCN(C)Cc2cn(C(C)C)c3cc(F)ccc23)n1. The summed E-state index contributed by atoms with van der Waals surface area (Å²) in [7, 11) is 2.14. The molecule has 3 rings (SSSR count). The van der Waals surface area contributed by atoms with Gasteiger partial charge in [-0.3, -0.25) is 4.68 Å². The van der Waals surface area contributed by atoms with Crippen LogP contribution in [-0.2, 0) is 13.1 Å². The Kier molecular flexibility index (Phi) is 5.47. The fourth-order valence-corrected chi connectivity index (χ4v) is 3.61. The lowest BCUT2D eigenvalue weighted by Gasteiger charge is -2.16. The van der Waals surface area contributed by atoms with Crippen LogP contribution >= 0.6 is 0 Å². The Morgan fingerprint density at radius 2 is 1.96 bits per heavy atom. The first kappa shape index (κ1) is 18.6. The van der Waals surface area contributed by atoms with Crippen molar-refractivity contribution < 1.29 is 4.39 Å². The van der Waals surface area contributed by atoms with Crippen LogP contribution in [0.15, 0.2) is 30.5 Å². The molecule has 2 heterocycles. The van der Waals surface area contributed by atoms with E-state index in [0.29, 0.717) is 6.04 Å². The fourth-order valence-electron chi connectivity index (χ4n) is 3.61. The van der Waals surface area contributed by atoms with Gasteiger partial charge in [0.05, 0.1) is 11.2 Å². The first-order valence-corrected chi connectivity index (χ1v) is 9.33. The number of hydrogen-bond acceptors (Lipinski definition) is 2. The maximum atomic E-state index is 13.7. The Balaban J connectivity index is 1.67. The third-order valence-electron chi connectivity index (χ3n) is 4.89. The second-order valence-electron chi connectivity index (χ2n) is 7.56. The van der Waals surface area contributed by atoms with Gasteiger partial charge < -0.3 is 9.47 Å². The van der Waals surface area contributed by atoms with Gasteiger partial charge in [0.2, 0.25) is 0 Å². The lowest BCUT2D eigenvalue weighted by molar-refractivity contribution is 0.311. The second-order valence-corrected chi connectivity index (χ2v) is 7.56. The largest absolute Gasteiger partial charge is 0.345 e. The normalized spacial score (nSPS) is 12.0. The van der Waals surface area contributed by atoms with Crippen molar-refractivity contribution in [2.75, 3.05) is 13.6 Å². The van der Waals surface area contributed by atoms with Crippen molar-refractivity contribution in [3.8, 4) is 0 Å². The topological polar surface area (TPSA) is 26.0 Å². The first-order chi connectivity index (χ1) is 12.3. The van der Waals surface area contributed by atoms with Crippen LogP contribution in [0.25, 0.3) is 10.9 Å². The summed E-state index contributed by atoms with van der Waals surface area (Å²) >= 11 is 0. The predicted octanol–water partition coefficient (Wildman–Crippen LogP) is 4.70. The maximum Gasteiger partial charge on any atom is 0.125 e. The summed E-state index contributed by atoms with van der Waals surface area (Å²) in [6, 6.07) is 7.53. The number of halogens is 1. The average Bonchev–Trinajstić information content (AvgIpc) is 3.07. The molecule has 0 spiro atoms. The zero-order valence-electron chi connectivity index (χ0n) is 16.5. The van der Waals surface area contributed by atoms with Gasteiger partial charge in [0.25, 0.3) is 0 Å². The van der Waals surface area contributed by atoms with Crippen LogP contribution in [0, 0.1) is 19.7 Å². The second kappa shape index (κ2) is 7.62. The van der Waals surface area contributed by atoms with E-state index in [1.54, 1.807) is 12.1 Å². The van der Waals surface area contributed by atoms with Gasteiger partial charge in [0, 0.05) is 36.4 Å². The molecular formula is C21H29FN4.